The quantitative estimate of drug-likeness (QED) is 0.803. The lowest BCUT2D eigenvalue weighted by Crippen LogP contribution is -2.52. The molecule has 2 aromatic rings. The summed E-state index contributed by atoms with van der Waals surface area (Å²) in [5.41, 5.74) is 1.54. The molecular formula is C17H23N5O3. The summed E-state index contributed by atoms with van der Waals surface area (Å²) in [4.78, 5) is 14.0. The van der Waals surface area contributed by atoms with Crippen LogP contribution in [0.3, 0.4) is 0 Å². The molecule has 0 radical (unpaired) electrons. The third-order valence-electron chi connectivity index (χ3n) is 4.17. The molecule has 8 heteroatoms. The van der Waals surface area contributed by atoms with Crippen LogP contribution in [0, 0.1) is 0 Å². The maximum Gasteiger partial charge on any atom is 0.410 e. The fourth-order valence-electron chi connectivity index (χ4n) is 2.80. The van der Waals surface area contributed by atoms with Gasteiger partial charge in [-0.1, -0.05) is 35.5 Å². The first kappa shape index (κ1) is 17.4. The molecule has 2 heterocycles. The molecule has 1 fully saturated rings. The van der Waals surface area contributed by atoms with Crippen LogP contribution in [0.25, 0.3) is 0 Å². The molecule has 1 aromatic heterocycles. The predicted octanol–water partition coefficient (Wildman–Crippen LogP) is 0.771. The predicted molar refractivity (Wildman–Crippen MR) is 90.6 cm³/mol. The Labute approximate surface area is 146 Å². The Hall–Kier alpha value is -2.45. The van der Waals surface area contributed by atoms with E-state index in [2.05, 4.69) is 15.6 Å². The van der Waals surface area contributed by atoms with E-state index in [9.17, 15) is 4.79 Å². The number of aliphatic hydroxyl groups excluding tert-OH is 1. The third kappa shape index (κ3) is 5.01. The molecule has 2 N–H and O–H groups in total. The van der Waals surface area contributed by atoms with Gasteiger partial charge in [0.2, 0.25) is 0 Å². The first-order valence-corrected chi connectivity index (χ1v) is 8.43. The zero-order chi connectivity index (χ0) is 17.5. The standard InChI is InChI=1S/C17H23N5O3/c23-12-16-11-22(20-19-16)8-6-15-10-21(9-7-18-15)17(24)25-13-14-4-2-1-3-5-14/h1-5,11,15,18,23H,6-10,12-13H2/t15-/m1/s1. The number of aryl methyl sites for hydroxylation is 1. The van der Waals surface area contributed by atoms with Crippen molar-refractivity contribution in [2.75, 3.05) is 19.6 Å². The van der Waals surface area contributed by atoms with Gasteiger partial charge in [-0.2, -0.15) is 0 Å². The fraction of sp³-hybridized carbons (Fsp3) is 0.471. The van der Waals surface area contributed by atoms with Gasteiger partial charge in [0.25, 0.3) is 0 Å². The summed E-state index contributed by atoms with van der Waals surface area (Å²) in [6, 6.07) is 9.84. The smallest absolute Gasteiger partial charge is 0.410 e. The lowest BCUT2D eigenvalue weighted by Gasteiger charge is -2.33. The average Bonchev–Trinajstić information content (AvgIpc) is 3.14. The van der Waals surface area contributed by atoms with Gasteiger partial charge in [0, 0.05) is 32.2 Å². The van der Waals surface area contributed by atoms with Gasteiger partial charge >= 0.3 is 6.09 Å². The Balaban J connectivity index is 1.44. The van der Waals surface area contributed by atoms with Crippen LogP contribution < -0.4 is 5.32 Å². The van der Waals surface area contributed by atoms with Gasteiger partial charge in [-0.25, -0.2) is 4.79 Å². The summed E-state index contributed by atoms with van der Waals surface area (Å²) >= 11 is 0. The average molecular weight is 345 g/mol. The van der Waals surface area contributed by atoms with Crippen LogP contribution >= 0.6 is 0 Å². The van der Waals surface area contributed by atoms with E-state index in [1.54, 1.807) is 15.8 Å². The molecule has 134 valence electrons. The third-order valence-corrected chi connectivity index (χ3v) is 4.17. The van der Waals surface area contributed by atoms with Gasteiger partial charge in [0.1, 0.15) is 12.3 Å². The summed E-state index contributed by atoms with van der Waals surface area (Å²) in [5.74, 6) is 0. The van der Waals surface area contributed by atoms with Crippen LogP contribution in [0.4, 0.5) is 4.79 Å². The van der Waals surface area contributed by atoms with Crippen LogP contribution in [-0.4, -0.2) is 56.8 Å². The number of hydrogen-bond acceptors (Lipinski definition) is 6. The maximum atomic E-state index is 12.3. The van der Waals surface area contributed by atoms with E-state index < -0.39 is 0 Å². The largest absolute Gasteiger partial charge is 0.445 e. The molecule has 8 nitrogen and oxygen atoms in total. The minimum absolute atomic E-state index is 0.108. The van der Waals surface area contributed by atoms with E-state index in [0.29, 0.717) is 25.3 Å². The molecule has 3 rings (SSSR count). The van der Waals surface area contributed by atoms with Crippen molar-refractivity contribution >= 4 is 6.09 Å². The van der Waals surface area contributed by atoms with E-state index in [-0.39, 0.29) is 25.3 Å². The zero-order valence-corrected chi connectivity index (χ0v) is 14.0. The van der Waals surface area contributed by atoms with Crippen molar-refractivity contribution in [3.8, 4) is 0 Å². The molecule has 1 aromatic carbocycles. The number of nitrogens with zero attached hydrogens (tertiary/aromatic N) is 4. The lowest BCUT2D eigenvalue weighted by atomic mass is 10.1. The van der Waals surface area contributed by atoms with E-state index >= 15 is 0 Å². The molecule has 1 amide bonds. The monoisotopic (exact) mass is 345 g/mol. The number of amides is 1. The van der Waals surface area contributed by atoms with E-state index in [1.165, 1.54) is 0 Å². The number of benzene rings is 1. The van der Waals surface area contributed by atoms with E-state index in [0.717, 1.165) is 18.5 Å². The molecule has 0 spiro atoms. The van der Waals surface area contributed by atoms with Gasteiger partial charge in [0.15, 0.2) is 0 Å². The Morgan fingerprint density at radius 3 is 2.96 bits per heavy atom. The number of aromatic nitrogens is 3. The van der Waals surface area contributed by atoms with Gasteiger partial charge in [0.05, 0.1) is 12.8 Å². The van der Waals surface area contributed by atoms with Crippen LogP contribution in [0.5, 0.6) is 0 Å². The highest BCUT2D eigenvalue weighted by Gasteiger charge is 2.24. The molecule has 1 aliphatic rings. The summed E-state index contributed by atoms with van der Waals surface area (Å²) in [6.07, 6.45) is 2.27. The Kier molecular flexibility index (Phi) is 5.97. The van der Waals surface area contributed by atoms with Crippen molar-refractivity contribution in [2.24, 2.45) is 0 Å². The highest BCUT2D eigenvalue weighted by molar-refractivity contribution is 5.67. The molecule has 0 unspecified atom stereocenters. The molecule has 1 aliphatic heterocycles. The molecule has 0 aliphatic carbocycles. The molecule has 1 saturated heterocycles. The highest BCUT2D eigenvalue weighted by atomic mass is 16.6. The lowest BCUT2D eigenvalue weighted by molar-refractivity contribution is 0.0837. The van der Waals surface area contributed by atoms with Crippen LogP contribution in [0.15, 0.2) is 36.5 Å². The van der Waals surface area contributed by atoms with Crippen molar-refractivity contribution in [2.45, 2.75) is 32.2 Å². The molecular weight excluding hydrogens is 322 g/mol. The van der Waals surface area contributed by atoms with Crippen molar-refractivity contribution in [3.05, 3.63) is 47.8 Å². The van der Waals surface area contributed by atoms with Crippen molar-refractivity contribution in [1.29, 1.82) is 0 Å². The molecule has 1 atom stereocenters. The van der Waals surface area contributed by atoms with Crippen LogP contribution in [0.1, 0.15) is 17.7 Å². The number of nitrogens with one attached hydrogen (secondary N) is 1. The number of ether oxygens (including phenoxy) is 1. The first-order chi connectivity index (χ1) is 12.2. The number of rotatable bonds is 6. The van der Waals surface area contributed by atoms with Crippen molar-refractivity contribution < 1.29 is 14.6 Å². The van der Waals surface area contributed by atoms with Gasteiger partial charge < -0.3 is 20.1 Å². The van der Waals surface area contributed by atoms with Gasteiger partial charge in [-0.05, 0) is 12.0 Å². The second kappa shape index (κ2) is 8.59. The molecule has 0 saturated carbocycles. The molecule has 25 heavy (non-hydrogen) atoms. The van der Waals surface area contributed by atoms with Crippen molar-refractivity contribution in [1.82, 2.24) is 25.2 Å². The maximum absolute atomic E-state index is 12.3. The highest BCUT2D eigenvalue weighted by Crippen LogP contribution is 2.08. The number of aliphatic hydroxyl groups is 1. The minimum atomic E-state index is -0.279. The van der Waals surface area contributed by atoms with Crippen LogP contribution in [-0.2, 0) is 24.5 Å². The second-order valence-electron chi connectivity index (χ2n) is 6.06. The van der Waals surface area contributed by atoms with Gasteiger partial charge in [-0.15, -0.1) is 5.10 Å². The Bertz CT molecular complexity index is 676. The Morgan fingerprint density at radius 1 is 1.36 bits per heavy atom. The zero-order valence-electron chi connectivity index (χ0n) is 14.0. The number of hydrogen-bond donors (Lipinski definition) is 2. The topological polar surface area (TPSA) is 92.5 Å². The second-order valence-corrected chi connectivity index (χ2v) is 6.06. The Morgan fingerprint density at radius 2 is 2.20 bits per heavy atom. The SMILES string of the molecule is O=C(OCc1ccccc1)N1CCN[C@H](CCn2cc(CO)nn2)C1. The van der Waals surface area contributed by atoms with Crippen LogP contribution in [0.2, 0.25) is 0 Å². The van der Waals surface area contributed by atoms with E-state index in [1.807, 2.05) is 30.3 Å². The normalized spacial score (nSPS) is 17.5. The summed E-state index contributed by atoms with van der Waals surface area (Å²) < 4.78 is 7.11. The fourth-order valence-corrected chi connectivity index (χ4v) is 2.80. The van der Waals surface area contributed by atoms with E-state index in [4.69, 9.17) is 9.84 Å². The van der Waals surface area contributed by atoms with Gasteiger partial charge in [-0.3, -0.25) is 4.68 Å². The van der Waals surface area contributed by atoms with Crippen molar-refractivity contribution in [3.63, 3.8) is 0 Å². The summed E-state index contributed by atoms with van der Waals surface area (Å²) in [6.45, 7) is 2.85. The first-order valence-electron chi connectivity index (χ1n) is 8.43. The number of carbonyl (C=O) groups excluding carboxylic acids is 1. The minimum Gasteiger partial charge on any atom is -0.445 e. The summed E-state index contributed by atoms with van der Waals surface area (Å²) in [7, 11) is 0. The molecule has 0 bridgehead atoms. The number of carbonyl (C=O) groups is 1. The number of piperazine rings is 1. The summed E-state index contributed by atoms with van der Waals surface area (Å²) in [5, 5.41) is 20.2.